The van der Waals surface area contributed by atoms with Crippen LogP contribution in [0.5, 0.6) is 0 Å². The molecule has 0 aliphatic heterocycles. The van der Waals surface area contributed by atoms with Crippen molar-refractivity contribution in [2.75, 3.05) is 0 Å². The summed E-state index contributed by atoms with van der Waals surface area (Å²) in [5, 5.41) is 3.84. The number of pyridine rings is 1. The Morgan fingerprint density at radius 3 is 2.69 bits per heavy atom. The fourth-order valence-electron chi connectivity index (χ4n) is 2.91. The largest absolute Gasteiger partial charge is 0.443 e. The number of hydrogen-bond donors (Lipinski definition) is 0. The van der Waals surface area contributed by atoms with Crippen molar-refractivity contribution in [3.05, 3.63) is 71.4 Å². The van der Waals surface area contributed by atoms with Gasteiger partial charge in [-0.15, -0.1) is 22.7 Å². The van der Waals surface area contributed by atoms with Crippen molar-refractivity contribution < 1.29 is 4.42 Å². The zero-order valence-electron chi connectivity index (χ0n) is 13.3. The molecule has 0 bridgehead atoms. The third kappa shape index (κ3) is 2.65. The molecular weight excluding hydrogens is 384 g/mol. The number of aromatic nitrogens is 2. The third-order valence-electron chi connectivity index (χ3n) is 4.07. The van der Waals surface area contributed by atoms with Gasteiger partial charge >= 0.3 is 0 Å². The molecule has 4 aromatic heterocycles. The molecule has 0 unspecified atom stereocenters. The lowest BCUT2D eigenvalue weighted by Crippen LogP contribution is -1.81. The minimum atomic E-state index is 0.641. The Balaban J connectivity index is 1.73. The van der Waals surface area contributed by atoms with E-state index in [1.165, 1.54) is 0 Å². The number of benzene rings is 1. The predicted molar refractivity (Wildman–Crippen MR) is 109 cm³/mol. The van der Waals surface area contributed by atoms with Gasteiger partial charge in [-0.2, -0.15) is 0 Å². The first kappa shape index (κ1) is 15.8. The quantitative estimate of drug-likeness (QED) is 0.330. The summed E-state index contributed by atoms with van der Waals surface area (Å²) in [5.74, 6) is 0.641. The topological polar surface area (TPSA) is 38.9 Å². The van der Waals surface area contributed by atoms with Crippen molar-refractivity contribution in [3.8, 4) is 32.5 Å². The zero-order chi connectivity index (χ0) is 17.5. The summed E-state index contributed by atoms with van der Waals surface area (Å²) in [7, 11) is 0. The van der Waals surface area contributed by atoms with Crippen LogP contribution < -0.4 is 0 Å². The van der Waals surface area contributed by atoms with Gasteiger partial charge < -0.3 is 4.42 Å². The first-order valence-corrected chi connectivity index (χ1v) is 10.0. The van der Waals surface area contributed by atoms with Crippen molar-refractivity contribution in [3.63, 3.8) is 0 Å². The second-order valence-electron chi connectivity index (χ2n) is 5.68. The monoisotopic (exact) mass is 394 g/mol. The van der Waals surface area contributed by atoms with Crippen molar-refractivity contribution >= 4 is 44.5 Å². The Morgan fingerprint density at radius 1 is 1.00 bits per heavy atom. The maximum absolute atomic E-state index is 6.07. The second kappa shape index (κ2) is 6.36. The smallest absolute Gasteiger partial charge is 0.236 e. The highest BCUT2D eigenvalue weighted by atomic mass is 35.5. The van der Waals surface area contributed by atoms with E-state index in [2.05, 4.69) is 11.1 Å². The standard InChI is InChI=1S/C20H11ClN2OS2/c21-13-7-5-12(6-8-13)17-14-3-1-9-22-20(14)26-18(17)15-11-24-19(23-15)16-4-2-10-25-16/h1-11H. The van der Waals surface area contributed by atoms with Crippen molar-refractivity contribution in [2.24, 2.45) is 0 Å². The number of oxazole rings is 1. The molecule has 5 rings (SSSR count). The molecule has 126 valence electrons. The third-order valence-corrected chi connectivity index (χ3v) is 6.31. The van der Waals surface area contributed by atoms with Crippen LogP contribution in [0.3, 0.4) is 0 Å². The van der Waals surface area contributed by atoms with Gasteiger partial charge in [-0.3, -0.25) is 0 Å². The van der Waals surface area contributed by atoms with E-state index in [0.29, 0.717) is 5.89 Å². The first-order chi connectivity index (χ1) is 12.8. The fourth-order valence-corrected chi connectivity index (χ4v) is 4.80. The van der Waals surface area contributed by atoms with Gasteiger partial charge in [0.25, 0.3) is 0 Å². The Bertz CT molecular complexity index is 1190. The molecule has 4 heterocycles. The summed E-state index contributed by atoms with van der Waals surface area (Å²) in [6.07, 6.45) is 3.54. The highest BCUT2D eigenvalue weighted by Crippen LogP contribution is 2.44. The Labute approximate surface area is 162 Å². The Hall–Kier alpha value is -2.47. The molecule has 0 radical (unpaired) electrons. The van der Waals surface area contributed by atoms with Crippen LogP contribution in [-0.4, -0.2) is 9.97 Å². The van der Waals surface area contributed by atoms with Gasteiger partial charge in [-0.1, -0.05) is 29.8 Å². The molecule has 0 atom stereocenters. The minimum absolute atomic E-state index is 0.641. The van der Waals surface area contributed by atoms with Gasteiger partial charge in [0.2, 0.25) is 5.89 Å². The molecule has 0 fully saturated rings. The molecule has 0 amide bonds. The van der Waals surface area contributed by atoms with Gasteiger partial charge in [-0.05, 0) is 41.3 Å². The maximum Gasteiger partial charge on any atom is 0.236 e. The summed E-state index contributed by atoms with van der Waals surface area (Å²) in [4.78, 5) is 12.3. The normalized spacial score (nSPS) is 11.3. The van der Waals surface area contributed by atoms with Gasteiger partial charge in [0.1, 0.15) is 16.8 Å². The minimum Gasteiger partial charge on any atom is -0.443 e. The molecule has 0 saturated heterocycles. The van der Waals surface area contributed by atoms with Crippen LogP contribution in [-0.2, 0) is 0 Å². The van der Waals surface area contributed by atoms with E-state index in [1.807, 2.05) is 54.0 Å². The van der Waals surface area contributed by atoms with E-state index in [-0.39, 0.29) is 0 Å². The Morgan fingerprint density at radius 2 is 1.88 bits per heavy atom. The molecule has 0 aliphatic rings. The maximum atomic E-state index is 6.07. The van der Waals surface area contributed by atoms with Crippen LogP contribution in [0, 0.1) is 0 Å². The molecular formula is C20H11ClN2OS2. The molecule has 26 heavy (non-hydrogen) atoms. The van der Waals surface area contributed by atoms with Gasteiger partial charge in [0.05, 0.1) is 9.75 Å². The summed E-state index contributed by atoms with van der Waals surface area (Å²) in [5.41, 5.74) is 3.02. The number of rotatable bonds is 3. The summed E-state index contributed by atoms with van der Waals surface area (Å²) < 4.78 is 5.73. The average Bonchev–Trinajstić information content (AvgIpc) is 3.40. The van der Waals surface area contributed by atoms with Crippen LogP contribution in [0.2, 0.25) is 5.02 Å². The lowest BCUT2D eigenvalue weighted by Gasteiger charge is -2.03. The number of hydrogen-bond acceptors (Lipinski definition) is 5. The van der Waals surface area contributed by atoms with Crippen molar-refractivity contribution in [1.82, 2.24) is 9.97 Å². The van der Waals surface area contributed by atoms with Gasteiger partial charge in [0, 0.05) is 22.2 Å². The van der Waals surface area contributed by atoms with Crippen LogP contribution in [0.4, 0.5) is 0 Å². The molecule has 0 spiro atoms. The summed E-state index contributed by atoms with van der Waals surface area (Å²) in [6.45, 7) is 0. The van der Waals surface area contributed by atoms with E-state index >= 15 is 0 Å². The van der Waals surface area contributed by atoms with E-state index in [4.69, 9.17) is 21.0 Å². The molecule has 5 aromatic rings. The van der Waals surface area contributed by atoms with Gasteiger partial charge in [-0.25, -0.2) is 9.97 Å². The first-order valence-electron chi connectivity index (χ1n) is 7.93. The average molecular weight is 395 g/mol. The van der Waals surface area contributed by atoms with E-state index in [1.54, 1.807) is 28.9 Å². The van der Waals surface area contributed by atoms with Crippen molar-refractivity contribution in [2.45, 2.75) is 0 Å². The lowest BCUT2D eigenvalue weighted by molar-refractivity contribution is 0.576. The van der Waals surface area contributed by atoms with Crippen LogP contribution >= 0.6 is 34.3 Å². The number of thiophene rings is 2. The SMILES string of the molecule is Clc1ccc(-c2c(-c3coc(-c4cccs4)n3)sc3ncccc23)cc1. The number of fused-ring (bicyclic) bond motifs is 1. The van der Waals surface area contributed by atoms with Gasteiger partial charge in [0.15, 0.2) is 0 Å². The molecule has 0 N–H and O–H groups in total. The van der Waals surface area contributed by atoms with E-state index in [9.17, 15) is 0 Å². The summed E-state index contributed by atoms with van der Waals surface area (Å²) in [6, 6.07) is 15.9. The molecule has 3 nitrogen and oxygen atoms in total. The van der Waals surface area contributed by atoms with Crippen LogP contribution in [0.1, 0.15) is 0 Å². The van der Waals surface area contributed by atoms with Crippen LogP contribution in [0.25, 0.3) is 42.7 Å². The number of nitrogens with zero attached hydrogens (tertiary/aromatic N) is 2. The highest BCUT2D eigenvalue weighted by Gasteiger charge is 2.19. The predicted octanol–water partition coefficient (Wildman–Crippen LogP) is 7.00. The number of halogens is 1. The second-order valence-corrected chi connectivity index (χ2v) is 8.07. The zero-order valence-corrected chi connectivity index (χ0v) is 15.7. The summed E-state index contributed by atoms with van der Waals surface area (Å²) >= 11 is 9.31. The fraction of sp³-hybridized carbons (Fsp3) is 0. The van der Waals surface area contributed by atoms with E-state index < -0.39 is 0 Å². The van der Waals surface area contributed by atoms with Crippen LogP contribution in [0.15, 0.2) is 70.8 Å². The molecule has 0 saturated carbocycles. The molecule has 1 aromatic carbocycles. The van der Waals surface area contributed by atoms with Crippen molar-refractivity contribution in [1.29, 1.82) is 0 Å². The molecule has 0 aliphatic carbocycles. The Kier molecular flexibility index (Phi) is 3.85. The highest BCUT2D eigenvalue weighted by molar-refractivity contribution is 7.22. The molecule has 6 heteroatoms. The van der Waals surface area contributed by atoms with E-state index in [0.717, 1.165) is 41.8 Å². The lowest BCUT2D eigenvalue weighted by atomic mass is 10.0.